The maximum atomic E-state index is 12.9. The maximum Gasteiger partial charge on any atom is 0.258 e. The highest BCUT2D eigenvalue weighted by Gasteiger charge is 2.33. The van der Waals surface area contributed by atoms with Gasteiger partial charge in [0.1, 0.15) is 12.1 Å². The Morgan fingerprint density at radius 2 is 1.25 bits per heavy atom. The predicted octanol–water partition coefficient (Wildman–Crippen LogP) is 4.43. The van der Waals surface area contributed by atoms with E-state index in [1.807, 2.05) is 66.7 Å². The fraction of sp³-hybridized carbons (Fsp3) is 0.0417. The second-order valence-electron chi connectivity index (χ2n) is 6.49. The number of rotatable bonds is 2. The van der Waals surface area contributed by atoms with Crippen molar-refractivity contribution in [1.29, 1.82) is 10.5 Å². The van der Waals surface area contributed by atoms with Gasteiger partial charge < -0.3 is 4.90 Å². The molecule has 4 heteroatoms. The van der Waals surface area contributed by atoms with Gasteiger partial charge in [0.05, 0.1) is 22.4 Å². The Morgan fingerprint density at radius 1 is 0.786 bits per heavy atom. The monoisotopic (exact) mass is 361 g/mol. The summed E-state index contributed by atoms with van der Waals surface area (Å²) < 4.78 is 0. The van der Waals surface area contributed by atoms with Crippen molar-refractivity contribution in [3.63, 3.8) is 0 Å². The largest absolute Gasteiger partial charge is 0.310 e. The topological polar surface area (TPSA) is 67.9 Å². The average Bonchev–Trinajstić information content (AvgIpc) is 2.99. The zero-order chi connectivity index (χ0) is 19.7. The van der Waals surface area contributed by atoms with Crippen molar-refractivity contribution in [3.05, 3.63) is 106 Å². The van der Waals surface area contributed by atoms with E-state index in [0.717, 1.165) is 22.4 Å². The summed E-state index contributed by atoms with van der Waals surface area (Å²) in [6.07, 6.45) is 0. The van der Waals surface area contributed by atoms with Gasteiger partial charge in [-0.15, -0.1) is 0 Å². The first-order valence-electron chi connectivity index (χ1n) is 8.77. The van der Waals surface area contributed by atoms with Crippen LogP contribution in [0.15, 0.2) is 72.8 Å². The van der Waals surface area contributed by atoms with Crippen LogP contribution < -0.4 is 0 Å². The van der Waals surface area contributed by atoms with Crippen LogP contribution in [0.3, 0.4) is 0 Å². The Morgan fingerprint density at radius 3 is 1.71 bits per heavy atom. The van der Waals surface area contributed by atoms with Crippen molar-refractivity contribution in [1.82, 2.24) is 4.90 Å². The summed E-state index contributed by atoms with van der Waals surface area (Å²) in [6, 6.07) is 27.0. The molecule has 0 spiro atoms. The van der Waals surface area contributed by atoms with Crippen molar-refractivity contribution in [2.24, 2.45) is 0 Å². The summed E-state index contributed by atoms with van der Waals surface area (Å²) in [5.74, 6) is -0.185. The van der Waals surface area contributed by atoms with Gasteiger partial charge in [-0.1, -0.05) is 60.7 Å². The van der Waals surface area contributed by atoms with E-state index in [4.69, 9.17) is 0 Å². The molecule has 132 valence electrons. The van der Waals surface area contributed by atoms with Crippen molar-refractivity contribution in [3.8, 4) is 12.1 Å². The summed E-state index contributed by atoms with van der Waals surface area (Å²) in [4.78, 5) is 14.5. The van der Waals surface area contributed by atoms with Crippen LogP contribution >= 0.6 is 0 Å². The molecule has 3 aromatic rings. The Labute approximate surface area is 163 Å². The quantitative estimate of drug-likeness (QED) is 0.678. The van der Waals surface area contributed by atoms with Gasteiger partial charge in [-0.3, -0.25) is 4.79 Å². The van der Waals surface area contributed by atoms with Gasteiger partial charge in [0.2, 0.25) is 0 Å². The average molecular weight is 361 g/mol. The van der Waals surface area contributed by atoms with E-state index in [-0.39, 0.29) is 17.0 Å². The Kier molecular flexibility index (Phi) is 4.24. The molecule has 0 radical (unpaired) electrons. The number of benzene rings is 3. The molecule has 4 nitrogen and oxygen atoms in total. The molecule has 3 aromatic carbocycles. The third-order valence-corrected chi connectivity index (χ3v) is 4.89. The lowest BCUT2D eigenvalue weighted by Gasteiger charge is -2.19. The van der Waals surface area contributed by atoms with Crippen LogP contribution in [-0.4, -0.2) is 17.9 Å². The van der Waals surface area contributed by atoms with E-state index >= 15 is 0 Å². The smallest absolute Gasteiger partial charge is 0.258 e. The molecule has 0 atom stereocenters. The maximum absolute atomic E-state index is 12.9. The minimum absolute atomic E-state index is 0.185. The highest BCUT2D eigenvalue weighted by Crippen LogP contribution is 2.41. The number of amides is 1. The lowest BCUT2D eigenvalue weighted by Crippen LogP contribution is -2.18. The standard InChI is InChI=1S/C24H15N3O/c1-27-23(20-12-18(14-25)19(15-26)13-21(20)24(27)28)22(16-8-4-2-5-9-16)17-10-6-3-7-11-17/h2-13H,1H3. The number of carbonyl (C=O) groups excluding carboxylic acids is 1. The zero-order valence-corrected chi connectivity index (χ0v) is 15.2. The van der Waals surface area contributed by atoms with E-state index in [1.165, 1.54) is 6.07 Å². The Bertz CT molecular complexity index is 1150. The molecule has 0 unspecified atom stereocenters. The number of hydrogen-bond donors (Lipinski definition) is 0. The number of hydrogen-bond acceptors (Lipinski definition) is 3. The van der Waals surface area contributed by atoms with Gasteiger partial charge in [-0.2, -0.15) is 10.5 Å². The number of nitrogens with zero attached hydrogens (tertiary/aromatic N) is 3. The summed E-state index contributed by atoms with van der Waals surface area (Å²) in [5, 5.41) is 18.8. The van der Waals surface area contributed by atoms with E-state index in [0.29, 0.717) is 11.1 Å². The van der Waals surface area contributed by atoms with Crippen LogP contribution in [0.4, 0.5) is 0 Å². The second kappa shape index (κ2) is 6.87. The fourth-order valence-corrected chi connectivity index (χ4v) is 3.57. The number of fused-ring (bicyclic) bond motifs is 1. The third kappa shape index (κ3) is 2.65. The molecule has 0 saturated heterocycles. The SMILES string of the molecule is CN1C(=O)c2cc(C#N)c(C#N)cc2C1=C(c1ccccc1)c1ccccc1. The van der Waals surface area contributed by atoms with Crippen LogP contribution in [-0.2, 0) is 0 Å². The molecule has 1 aliphatic rings. The number of nitriles is 2. The van der Waals surface area contributed by atoms with Gasteiger partial charge in [0.25, 0.3) is 5.91 Å². The molecule has 4 rings (SSSR count). The second-order valence-corrected chi connectivity index (χ2v) is 6.49. The summed E-state index contributed by atoms with van der Waals surface area (Å²) in [7, 11) is 1.72. The van der Waals surface area contributed by atoms with Gasteiger partial charge in [0, 0.05) is 18.2 Å². The third-order valence-electron chi connectivity index (χ3n) is 4.89. The highest BCUT2D eigenvalue weighted by molar-refractivity contribution is 6.15. The van der Waals surface area contributed by atoms with Crippen LogP contribution in [0.25, 0.3) is 11.3 Å². The summed E-state index contributed by atoms with van der Waals surface area (Å²) in [5.41, 5.74) is 5.18. The minimum atomic E-state index is -0.185. The Hall–Kier alpha value is -4.15. The highest BCUT2D eigenvalue weighted by atomic mass is 16.2. The predicted molar refractivity (Wildman–Crippen MR) is 107 cm³/mol. The van der Waals surface area contributed by atoms with Crippen LogP contribution in [0, 0.1) is 22.7 Å². The van der Waals surface area contributed by atoms with Gasteiger partial charge in [-0.05, 0) is 23.3 Å². The summed E-state index contributed by atoms with van der Waals surface area (Å²) >= 11 is 0. The minimum Gasteiger partial charge on any atom is -0.310 e. The molecule has 1 heterocycles. The van der Waals surface area contributed by atoms with Crippen LogP contribution in [0.2, 0.25) is 0 Å². The normalized spacial score (nSPS) is 12.3. The van der Waals surface area contributed by atoms with Crippen molar-refractivity contribution in [2.75, 3.05) is 7.05 Å². The van der Waals surface area contributed by atoms with Crippen LogP contribution in [0.5, 0.6) is 0 Å². The first-order valence-corrected chi connectivity index (χ1v) is 8.77. The Balaban J connectivity index is 2.11. The van der Waals surface area contributed by atoms with E-state index in [1.54, 1.807) is 18.0 Å². The van der Waals surface area contributed by atoms with Gasteiger partial charge >= 0.3 is 0 Å². The fourth-order valence-electron chi connectivity index (χ4n) is 3.57. The molecule has 0 N–H and O–H groups in total. The van der Waals surface area contributed by atoms with E-state index < -0.39 is 0 Å². The molecule has 0 saturated carbocycles. The molecular weight excluding hydrogens is 346 g/mol. The van der Waals surface area contributed by atoms with Crippen molar-refractivity contribution >= 4 is 17.2 Å². The lowest BCUT2D eigenvalue weighted by molar-refractivity contribution is 0.0875. The summed E-state index contributed by atoms with van der Waals surface area (Å²) in [6.45, 7) is 0. The first kappa shape index (κ1) is 17.3. The van der Waals surface area contributed by atoms with Crippen LogP contribution in [0.1, 0.15) is 38.2 Å². The molecule has 0 aliphatic carbocycles. The number of carbonyl (C=O) groups is 1. The molecule has 0 aromatic heterocycles. The lowest BCUT2D eigenvalue weighted by atomic mass is 9.91. The molecule has 0 bridgehead atoms. The molecule has 1 amide bonds. The van der Waals surface area contributed by atoms with E-state index in [2.05, 4.69) is 6.07 Å². The van der Waals surface area contributed by atoms with Crippen molar-refractivity contribution < 1.29 is 4.79 Å². The molecule has 0 fully saturated rings. The van der Waals surface area contributed by atoms with Gasteiger partial charge in [-0.25, -0.2) is 0 Å². The molecule has 28 heavy (non-hydrogen) atoms. The van der Waals surface area contributed by atoms with E-state index in [9.17, 15) is 15.3 Å². The van der Waals surface area contributed by atoms with Crippen molar-refractivity contribution in [2.45, 2.75) is 0 Å². The molecular formula is C24H15N3O. The zero-order valence-electron chi connectivity index (χ0n) is 15.2. The first-order chi connectivity index (χ1) is 13.7. The van der Waals surface area contributed by atoms with Gasteiger partial charge in [0.15, 0.2) is 0 Å². The molecule has 1 aliphatic heterocycles.